The van der Waals surface area contributed by atoms with Crippen LogP contribution in [0.15, 0.2) is 12.3 Å². The normalized spacial score (nSPS) is 10.3. The van der Waals surface area contributed by atoms with Crippen molar-refractivity contribution in [1.29, 1.82) is 0 Å². The maximum absolute atomic E-state index is 10.5. The Kier molecular flexibility index (Phi) is 4.63. The van der Waals surface area contributed by atoms with Crippen molar-refractivity contribution in [3.63, 3.8) is 0 Å². The molecule has 0 radical (unpaired) electrons. The van der Waals surface area contributed by atoms with Gasteiger partial charge in [0, 0.05) is 19.3 Å². The van der Waals surface area contributed by atoms with E-state index in [-0.39, 0.29) is 5.78 Å². The number of rotatable bonds is 4. The maximum atomic E-state index is 10.5. The molecule has 0 aliphatic rings. The highest BCUT2D eigenvalue weighted by Gasteiger charge is 1.89. The summed E-state index contributed by atoms with van der Waals surface area (Å²) in [7, 11) is 0. The second-order valence-electron chi connectivity index (χ2n) is 2.15. The van der Waals surface area contributed by atoms with Crippen molar-refractivity contribution >= 4 is 5.78 Å². The van der Waals surface area contributed by atoms with Crippen LogP contribution in [0.3, 0.4) is 0 Å². The summed E-state index contributed by atoms with van der Waals surface area (Å²) in [6.07, 6.45) is 3.43. The SMILES string of the molecule is CCN(/C=C/C(C)=O)CC. The van der Waals surface area contributed by atoms with Gasteiger partial charge >= 0.3 is 0 Å². The largest absolute Gasteiger partial charge is 0.378 e. The molecule has 0 N–H and O–H groups in total. The van der Waals surface area contributed by atoms with E-state index in [1.807, 2.05) is 6.20 Å². The fourth-order valence-corrected chi connectivity index (χ4v) is 0.645. The van der Waals surface area contributed by atoms with Gasteiger partial charge in [-0.2, -0.15) is 0 Å². The molecule has 0 saturated carbocycles. The molecule has 0 aromatic carbocycles. The Morgan fingerprint density at radius 1 is 1.40 bits per heavy atom. The van der Waals surface area contributed by atoms with Crippen LogP contribution in [0.4, 0.5) is 0 Å². The lowest BCUT2D eigenvalue weighted by molar-refractivity contribution is -0.112. The second kappa shape index (κ2) is 5.03. The van der Waals surface area contributed by atoms with Crippen LogP contribution in [-0.4, -0.2) is 23.8 Å². The smallest absolute Gasteiger partial charge is 0.154 e. The Balaban J connectivity index is 3.72. The van der Waals surface area contributed by atoms with Crippen LogP contribution in [0.25, 0.3) is 0 Å². The van der Waals surface area contributed by atoms with Crippen molar-refractivity contribution in [1.82, 2.24) is 4.90 Å². The monoisotopic (exact) mass is 141 g/mol. The van der Waals surface area contributed by atoms with Gasteiger partial charge in [0.25, 0.3) is 0 Å². The molecule has 2 heteroatoms. The number of hydrogen-bond donors (Lipinski definition) is 0. The Morgan fingerprint density at radius 3 is 2.20 bits per heavy atom. The van der Waals surface area contributed by atoms with Crippen molar-refractivity contribution < 1.29 is 4.79 Å². The van der Waals surface area contributed by atoms with Crippen molar-refractivity contribution in [2.45, 2.75) is 20.8 Å². The highest BCUT2D eigenvalue weighted by atomic mass is 16.1. The molecule has 2 nitrogen and oxygen atoms in total. The summed E-state index contributed by atoms with van der Waals surface area (Å²) in [4.78, 5) is 12.5. The summed E-state index contributed by atoms with van der Waals surface area (Å²) >= 11 is 0. The van der Waals surface area contributed by atoms with Crippen LogP contribution in [0.5, 0.6) is 0 Å². The molecule has 0 rings (SSSR count). The molecule has 0 heterocycles. The van der Waals surface area contributed by atoms with Gasteiger partial charge in [0.15, 0.2) is 5.78 Å². The van der Waals surface area contributed by atoms with E-state index in [1.165, 1.54) is 0 Å². The van der Waals surface area contributed by atoms with E-state index in [1.54, 1.807) is 13.0 Å². The number of carbonyl (C=O) groups is 1. The molecule has 58 valence electrons. The molecule has 0 aliphatic heterocycles. The number of allylic oxidation sites excluding steroid dienone is 1. The van der Waals surface area contributed by atoms with Crippen molar-refractivity contribution in [3.8, 4) is 0 Å². The van der Waals surface area contributed by atoms with E-state index in [0.717, 1.165) is 13.1 Å². The van der Waals surface area contributed by atoms with Crippen LogP contribution in [-0.2, 0) is 4.79 Å². The average Bonchev–Trinajstić information content (AvgIpc) is 1.90. The molecule has 0 atom stereocenters. The quantitative estimate of drug-likeness (QED) is 0.552. The van der Waals surface area contributed by atoms with E-state index in [2.05, 4.69) is 18.7 Å². The predicted molar refractivity (Wildman–Crippen MR) is 42.7 cm³/mol. The van der Waals surface area contributed by atoms with Gasteiger partial charge in [-0.1, -0.05) is 0 Å². The van der Waals surface area contributed by atoms with Gasteiger partial charge in [-0.3, -0.25) is 4.79 Å². The first-order valence-electron chi connectivity index (χ1n) is 3.63. The van der Waals surface area contributed by atoms with Crippen molar-refractivity contribution in [3.05, 3.63) is 12.3 Å². The van der Waals surface area contributed by atoms with Crippen LogP contribution in [0.1, 0.15) is 20.8 Å². The summed E-state index contributed by atoms with van der Waals surface area (Å²) in [5.74, 6) is 0.104. The first kappa shape index (κ1) is 9.21. The number of ketones is 1. The zero-order chi connectivity index (χ0) is 7.98. The average molecular weight is 141 g/mol. The molecule has 0 bridgehead atoms. The van der Waals surface area contributed by atoms with E-state index >= 15 is 0 Å². The second-order valence-corrected chi connectivity index (χ2v) is 2.15. The predicted octanol–water partition coefficient (Wildman–Crippen LogP) is 1.43. The van der Waals surface area contributed by atoms with Gasteiger partial charge in [0.05, 0.1) is 0 Å². The highest BCUT2D eigenvalue weighted by Crippen LogP contribution is 1.87. The summed E-state index contributed by atoms with van der Waals surface area (Å²) in [6, 6.07) is 0. The topological polar surface area (TPSA) is 20.3 Å². The van der Waals surface area contributed by atoms with E-state index < -0.39 is 0 Å². The van der Waals surface area contributed by atoms with E-state index in [4.69, 9.17) is 0 Å². The minimum absolute atomic E-state index is 0.104. The molecule has 0 aromatic rings. The van der Waals surface area contributed by atoms with Crippen LogP contribution < -0.4 is 0 Å². The zero-order valence-electron chi connectivity index (χ0n) is 6.92. The first-order valence-corrected chi connectivity index (χ1v) is 3.63. The van der Waals surface area contributed by atoms with E-state index in [0.29, 0.717) is 0 Å². The van der Waals surface area contributed by atoms with Crippen LogP contribution in [0.2, 0.25) is 0 Å². The first-order chi connectivity index (χ1) is 4.70. The van der Waals surface area contributed by atoms with Crippen LogP contribution in [0, 0.1) is 0 Å². The van der Waals surface area contributed by atoms with Gasteiger partial charge in [-0.05, 0) is 26.8 Å². The molecule has 0 aromatic heterocycles. The minimum Gasteiger partial charge on any atom is -0.378 e. The fourth-order valence-electron chi connectivity index (χ4n) is 0.645. The van der Waals surface area contributed by atoms with Gasteiger partial charge in [0.1, 0.15) is 0 Å². The maximum Gasteiger partial charge on any atom is 0.154 e. The third-order valence-corrected chi connectivity index (χ3v) is 1.33. The molecule has 0 fully saturated rings. The molecule has 0 saturated heterocycles. The van der Waals surface area contributed by atoms with Crippen molar-refractivity contribution in [2.24, 2.45) is 0 Å². The summed E-state index contributed by atoms with van der Waals surface area (Å²) in [5, 5.41) is 0. The molecule has 0 unspecified atom stereocenters. The number of nitrogens with zero attached hydrogens (tertiary/aromatic N) is 1. The number of carbonyl (C=O) groups excluding carboxylic acids is 1. The molecular weight excluding hydrogens is 126 g/mol. The Morgan fingerprint density at radius 2 is 1.90 bits per heavy atom. The van der Waals surface area contributed by atoms with Gasteiger partial charge in [-0.25, -0.2) is 0 Å². The standard InChI is InChI=1S/C8H15NO/c1-4-9(5-2)7-6-8(3)10/h6-7H,4-5H2,1-3H3/b7-6+. The number of hydrogen-bond acceptors (Lipinski definition) is 2. The summed E-state index contributed by atoms with van der Waals surface area (Å²) < 4.78 is 0. The lowest BCUT2D eigenvalue weighted by atomic mass is 10.4. The van der Waals surface area contributed by atoms with Gasteiger partial charge in [-0.15, -0.1) is 0 Å². The minimum atomic E-state index is 0.104. The lowest BCUT2D eigenvalue weighted by Crippen LogP contribution is -2.15. The zero-order valence-corrected chi connectivity index (χ0v) is 6.92. The van der Waals surface area contributed by atoms with E-state index in [9.17, 15) is 4.79 Å². The van der Waals surface area contributed by atoms with Gasteiger partial charge < -0.3 is 4.90 Å². The van der Waals surface area contributed by atoms with Gasteiger partial charge in [0.2, 0.25) is 0 Å². The fraction of sp³-hybridized carbons (Fsp3) is 0.625. The Hall–Kier alpha value is -0.790. The summed E-state index contributed by atoms with van der Waals surface area (Å²) in [6.45, 7) is 7.60. The molecule has 10 heavy (non-hydrogen) atoms. The highest BCUT2D eigenvalue weighted by molar-refractivity contribution is 5.87. The summed E-state index contributed by atoms with van der Waals surface area (Å²) in [5.41, 5.74) is 0. The molecular formula is C8H15NO. The molecule has 0 aliphatic carbocycles. The molecule has 0 spiro atoms. The molecule has 0 amide bonds. The third-order valence-electron chi connectivity index (χ3n) is 1.33. The van der Waals surface area contributed by atoms with Crippen molar-refractivity contribution in [2.75, 3.05) is 13.1 Å². The third kappa shape index (κ3) is 4.13. The van der Waals surface area contributed by atoms with Crippen LogP contribution >= 0.6 is 0 Å². The Bertz CT molecular complexity index is 125. The Labute approximate surface area is 62.5 Å². The lowest BCUT2D eigenvalue weighted by Gasteiger charge is -2.13.